The van der Waals surface area contributed by atoms with Crippen LogP contribution >= 0.6 is 11.8 Å². The van der Waals surface area contributed by atoms with Gasteiger partial charge in [0.1, 0.15) is 0 Å². The molecule has 0 saturated heterocycles. The second kappa shape index (κ2) is 6.07. The second-order valence-corrected chi connectivity index (χ2v) is 6.46. The molecule has 1 amide bonds. The predicted molar refractivity (Wildman–Crippen MR) is 69.0 cm³/mol. The molecule has 17 heavy (non-hydrogen) atoms. The van der Waals surface area contributed by atoms with Crippen molar-refractivity contribution in [2.24, 2.45) is 0 Å². The number of sulfone groups is 1. The number of hydrogen-bond donors (Lipinski definition) is 1. The SMILES string of the molecule is CCNC(=O)CSc1ccccc1S(C)(=O)=O. The van der Waals surface area contributed by atoms with Gasteiger partial charge in [-0.25, -0.2) is 8.42 Å². The lowest BCUT2D eigenvalue weighted by Crippen LogP contribution is -2.24. The first-order valence-corrected chi connectivity index (χ1v) is 8.01. The minimum Gasteiger partial charge on any atom is -0.356 e. The summed E-state index contributed by atoms with van der Waals surface area (Å²) < 4.78 is 23.0. The third-order valence-electron chi connectivity index (χ3n) is 1.98. The molecule has 0 bridgehead atoms. The van der Waals surface area contributed by atoms with Crippen LogP contribution in [-0.4, -0.2) is 32.9 Å². The summed E-state index contributed by atoms with van der Waals surface area (Å²) in [4.78, 5) is 12.2. The van der Waals surface area contributed by atoms with Gasteiger partial charge >= 0.3 is 0 Å². The Morgan fingerprint density at radius 2 is 2.00 bits per heavy atom. The fourth-order valence-electron chi connectivity index (χ4n) is 1.27. The second-order valence-electron chi connectivity index (χ2n) is 3.46. The lowest BCUT2D eigenvalue weighted by atomic mass is 10.4. The van der Waals surface area contributed by atoms with E-state index in [-0.39, 0.29) is 16.6 Å². The van der Waals surface area contributed by atoms with E-state index in [1.54, 1.807) is 24.3 Å². The van der Waals surface area contributed by atoms with E-state index < -0.39 is 9.84 Å². The Morgan fingerprint density at radius 1 is 1.35 bits per heavy atom. The van der Waals surface area contributed by atoms with Crippen molar-refractivity contribution in [2.75, 3.05) is 18.6 Å². The zero-order valence-electron chi connectivity index (χ0n) is 9.76. The van der Waals surface area contributed by atoms with Crippen LogP contribution in [0.15, 0.2) is 34.1 Å². The summed E-state index contributed by atoms with van der Waals surface area (Å²) in [6, 6.07) is 6.69. The van der Waals surface area contributed by atoms with Gasteiger partial charge in [-0.2, -0.15) is 0 Å². The summed E-state index contributed by atoms with van der Waals surface area (Å²) in [5.74, 6) is 0.126. The maximum absolute atomic E-state index is 11.5. The number of thioether (sulfide) groups is 1. The van der Waals surface area contributed by atoms with Crippen LogP contribution < -0.4 is 5.32 Å². The highest BCUT2D eigenvalue weighted by Gasteiger charge is 2.13. The van der Waals surface area contributed by atoms with Gasteiger partial charge in [0.05, 0.1) is 10.6 Å². The number of rotatable bonds is 5. The zero-order chi connectivity index (χ0) is 12.9. The molecule has 0 spiro atoms. The quantitative estimate of drug-likeness (QED) is 0.822. The first-order chi connectivity index (χ1) is 7.95. The molecule has 1 rings (SSSR count). The van der Waals surface area contributed by atoms with Crippen LogP contribution in [0, 0.1) is 0 Å². The minimum atomic E-state index is -3.25. The van der Waals surface area contributed by atoms with Crippen LogP contribution in [0.25, 0.3) is 0 Å². The molecule has 0 aromatic heterocycles. The maximum atomic E-state index is 11.5. The molecule has 1 aromatic carbocycles. The van der Waals surface area contributed by atoms with Crippen LogP contribution in [0.2, 0.25) is 0 Å². The molecule has 94 valence electrons. The van der Waals surface area contributed by atoms with Gasteiger partial charge in [0.2, 0.25) is 5.91 Å². The number of carbonyl (C=O) groups is 1. The minimum absolute atomic E-state index is 0.0965. The van der Waals surface area contributed by atoms with E-state index in [1.165, 1.54) is 18.0 Å². The van der Waals surface area contributed by atoms with E-state index in [0.29, 0.717) is 11.4 Å². The average Bonchev–Trinajstić information content (AvgIpc) is 2.26. The van der Waals surface area contributed by atoms with Gasteiger partial charge in [-0.3, -0.25) is 4.79 Å². The van der Waals surface area contributed by atoms with Gasteiger partial charge in [0.15, 0.2) is 9.84 Å². The summed E-state index contributed by atoms with van der Waals surface area (Å²) in [7, 11) is -3.25. The highest BCUT2D eigenvalue weighted by molar-refractivity contribution is 8.00. The van der Waals surface area contributed by atoms with Crippen molar-refractivity contribution in [1.29, 1.82) is 0 Å². The van der Waals surface area contributed by atoms with E-state index in [9.17, 15) is 13.2 Å². The van der Waals surface area contributed by atoms with Crippen LogP contribution in [0.3, 0.4) is 0 Å². The van der Waals surface area contributed by atoms with Crippen LogP contribution in [0.1, 0.15) is 6.92 Å². The number of benzene rings is 1. The Kier molecular flexibility index (Phi) is 5.02. The van der Waals surface area contributed by atoms with E-state index in [0.717, 1.165) is 0 Å². The molecule has 6 heteroatoms. The van der Waals surface area contributed by atoms with Gasteiger partial charge in [-0.1, -0.05) is 12.1 Å². The molecule has 0 saturated carbocycles. The molecule has 1 aromatic rings. The fourth-order valence-corrected chi connectivity index (χ4v) is 3.43. The van der Waals surface area contributed by atoms with Crippen LogP contribution in [-0.2, 0) is 14.6 Å². The van der Waals surface area contributed by atoms with Crippen molar-refractivity contribution < 1.29 is 13.2 Å². The molecule has 4 nitrogen and oxygen atoms in total. The number of nitrogens with one attached hydrogen (secondary N) is 1. The molecule has 0 aliphatic carbocycles. The van der Waals surface area contributed by atoms with E-state index in [2.05, 4.69) is 5.32 Å². The topological polar surface area (TPSA) is 63.2 Å². The summed E-state index contributed by atoms with van der Waals surface area (Å²) in [6.07, 6.45) is 1.17. The van der Waals surface area contributed by atoms with E-state index in [4.69, 9.17) is 0 Å². The van der Waals surface area contributed by atoms with Gasteiger partial charge in [0.25, 0.3) is 0 Å². The van der Waals surface area contributed by atoms with Gasteiger partial charge < -0.3 is 5.32 Å². The van der Waals surface area contributed by atoms with Crippen molar-refractivity contribution in [1.82, 2.24) is 5.32 Å². The Labute approximate surface area is 106 Å². The van der Waals surface area contributed by atoms with E-state index >= 15 is 0 Å². The Morgan fingerprint density at radius 3 is 2.59 bits per heavy atom. The Balaban J connectivity index is 2.82. The Bertz CT molecular complexity index is 497. The molecule has 0 unspecified atom stereocenters. The predicted octanol–water partition coefficient (Wildman–Crippen LogP) is 1.32. The van der Waals surface area contributed by atoms with Crippen molar-refractivity contribution in [3.8, 4) is 0 Å². The molecule has 0 radical (unpaired) electrons. The van der Waals surface area contributed by atoms with Gasteiger partial charge in [0, 0.05) is 17.7 Å². The van der Waals surface area contributed by atoms with Gasteiger partial charge in [-0.15, -0.1) is 11.8 Å². The normalized spacial score (nSPS) is 11.2. The van der Waals surface area contributed by atoms with Crippen molar-refractivity contribution in [3.05, 3.63) is 24.3 Å². The van der Waals surface area contributed by atoms with Crippen molar-refractivity contribution in [3.63, 3.8) is 0 Å². The highest BCUT2D eigenvalue weighted by atomic mass is 32.2. The summed E-state index contributed by atoms with van der Waals surface area (Å²) >= 11 is 1.23. The van der Waals surface area contributed by atoms with E-state index in [1.807, 2.05) is 6.92 Å². The zero-order valence-corrected chi connectivity index (χ0v) is 11.4. The van der Waals surface area contributed by atoms with Crippen molar-refractivity contribution in [2.45, 2.75) is 16.7 Å². The third kappa shape index (κ3) is 4.40. The van der Waals surface area contributed by atoms with Crippen LogP contribution in [0.4, 0.5) is 0 Å². The fraction of sp³-hybridized carbons (Fsp3) is 0.364. The standard InChI is InChI=1S/C11H15NO3S2/c1-3-12-11(13)8-16-9-6-4-5-7-10(9)17(2,14)15/h4-7H,3,8H2,1-2H3,(H,12,13). The smallest absolute Gasteiger partial charge is 0.230 e. The van der Waals surface area contributed by atoms with Crippen molar-refractivity contribution >= 4 is 27.5 Å². The first-order valence-electron chi connectivity index (χ1n) is 5.13. The highest BCUT2D eigenvalue weighted by Crippen LogP contribution is 2.25. The maximum Gasteiger partial charge on any atom is 0.230 e. The van der Waals surface area contributed by atoms with Gasteiger partial charge in [-0.05, 0) is 19.1 Å². The summed E-state index contributed by atoms with van der Waals surface area (Å²) in [6.45, 7) is 2.42. The third-order valence-corrected chi connectivity index (χ3v) is 4.34. The molecule has 0 heterocycles. The lowest BCUT2D eigenvalue weighted by molar-refractivity contribution is -0.118. The average molecular weight is 273 g/mol. The molecule has 0 aliphatic heterocycles. The molecule has 0 atom stereocenters. The molecule has 0 fully saturated rings. The largest absolute Gasteiger partial charge is 0.356 e. The number of carbonyl (C=O) groups excluding carboxylic acids is 1. The summed E-state index contributed by atoms with van der Waals surface area (Å²) in [5.41, 5.74) is 0. The molecular weight excluding hydrogens is 258 g/mol. The molecule has 0 aliphatic rings. The molecular formula is C11H15NO3S2. The van der Waals surface area contributed by atoms with Crippen LogP contribution in [0.5, 0.6) is 0 Å². The molecule has 1 N–H and O–H groups in total. The summed E-state index contributed by atoms with van der Waals surface area (Å²) in [5, 5.41) is 2.66. The Hall–Kier alpha value is -1.01. The monoisotopic (exact) mass is 273 g/mol. The first kappa shape index (κ1) is 14.1. The number of amides is 1. The lowest BCUT2D eigenvalue weighted by Gasteiger charge is -2.07. The number of hydrogen-bond acceptors (Lipinski definition) is 4.